The van der Waals surface area contributed by atoms with Crippen molar-refractivity contribution in [2.75, 3.05) is 5.32 Å². The van der Waals surface area contributed by atoms with E-state index in [1.165, 1.54) is 19.0 Å². The highest BCUT2D eigenvalue weighted by Gasteiger charge is 2.07. The first-order chi connectivity index (χ1) is 8.13. The van der Waals surface area contributed by atoms with Crippen molar-refractivity contribution < 1.29 is 0 Å². The molecule has 17 heavy (non-hydrogen) atoms. The monoisotopic (exact) mass is 232 g/mol. The largest absolute Gasteiger partial charge is 0.365 e. The molecule has 1 heterocycles. The molecule has 0 aliphatic rings. The van der Waals surface area contributed by atoms with Gasteiger partial charge in [-0.15, -0.1) is 5.10 Å². The summed E-state index contributed by atoms with van der Waals surface area (Å²) in [4.78, 5) is 0. The van der Waals surface area contributed by atoms with E-state index in [0.717, 1.165) is 12.3 Å². The normalized spacial score (nSPS) is 12.2. The van der Waals surface area contributed by atoms with Gasteiger partial charge in [0.2, 0.25) is 0 Å². The van der Waals surface area contributed by atoms with E-state index in [-0.39, 0.29) is 0 Å². The second-order valence-corrected chi connectivity index (χ2v) is 4.78. The Morgan fingerprint density at radius 3 is 2.76 bits per heavy atom. The van der Waals surface area contributed by atoms with Crippen LogP contribution in [0.4, 0.5) is 5.82 Å². The lowest BCUT2D eigenvalue weighted by Crippen LogP contribution is -2.17. The van der Waals surface area contributed by atoms with E-state index in [9.17, 15) is 0 Å². The SMILES string of the molecule is CC(C)CCCC(C)Nc1nnccc1C#N. The highest BCUT2D eigenvalue weighted by atomic mass is 15.2. The summed E-state index contributed by atoms with van der Waals surface area (Å²) in [7, 11) is 0. The summed E-state index contributed by atoms with van der Waals surface area (Å²) in [5.41, 5.74) is 0.552. The number of nitrogens with one attached hydrogen (secondary N) is 1. The lowest BCUT2D eigenvalue weighted by molar-refractivity contribution is 0.519. The maximum Gasteiger partial charge on any atom is 0.166 e. The third-order valence-electron chi connectivity index (χ3n) is 2.64. The third-order valence-corrected chi connectivity index (χ3v) is 2.64. The van der Waals surface area contributed by atoms with Gasteiger partial charge in [-0.05, 0) is 25.3 Å². The Balaban J connectivity index is 2.45. The van der Waals surface area contributed by atoms with Crippen LogP contribution < -0.4 is 5.32 Å². The summed E-state index contributed by atoms with van der Waals surface area (Å²) in [6, 6.07) is 4.10. The van der Waals surface area contributed by atoms with Crippen LogP contribution in [0.25, 0.3) is 0 Å². The fraction of sp³-hybridized carbons (Fsp3) is 0.615. The quantitative estimate of drug-likeness (QED) is 0.819. The van der Waals surface area contributed by atoms with Crippen LogP contribution in [0.1, 0.15) is 45.6 Å². The van der Waals surface area contributed by atoms with Gasteiger partial charge in [0.15, 0.2) is 5.82 Å². The van der Waals surface area contributed by atoms with Crippen LogP contribution in [0.5, 0.6) is 0 Å². The first-order valence-corrected chi connectivity index (χ1v) is 6.11. The van der Waals surface area contributed by atoms with E-state index < -0.39 is 0 Å². The molecule has 92 valence electrons. The van der Waals surface area contributed by atoms with Gasteiger partial charge in [0.25, 0.3) is 0 Å². The molecule has 0 aliphatic heterocycles. The van der Waals surface area contributed by atoms with Crippen molar-refractivity contribution >= 4 is 5.82 Å². The van der Waals surface area contributed by atoms with Gasteiger partial charge in [-0.1, -0.05) is 26.7 Å². The number of aromatic nitrogens is 2. The predicted molar refractivity (Wildman–Crippen MR) is 68.5 cm³/mol. The average Bonchev–Trinajstić information content (AvgIpc) is 2.29. The first-order valence-electron chi connectivity index (χ1n) is 6.11. The zero-order chi connectivity index (χ0) is 12.7. The molecule has 0 radical (unpaired) electrons. The Hall–Kier alpha value is -1.63. The van der Waals surface area contributed by atoms with Crippen molar-refractivity contribution in [1.82, 2.24) is 10.2 Å². The lowest BCUT2D eigenvalue weighted by atomic mass is 10.0. The fourth-order valence-corrected chi connectivity index (χ4v) is 1.67. The van der Waals surface area contributed by atoms with Crippen molar-refractivity contribution in [3.8, 4) is 6.07 Å². The number of hydrogen-bond donors (Lipinski definition) is 1. The molecular formula is C13H20N4. The van der Waals surface area contributed by atoms with Gasteiger partial charge in [-0.3, -0.25) is 0 Å². The molecule has 0 saturated carbocycles. The van der Waals surface area contributed by atoms with E-state index in [1.54, 1.807) is 6.07 Å². The van der Waals surface area contributed by atoms with Gasteiger partial charge in [0.1, 0.15) is 6.07 Å². The van der Waals surface area contributed by atoms with Crippen LogP contribution in [0.15, 0.2) is 12.3 Å². The molecule has 1 aromatic rings. The van der Waals surface area contributed by atoms with Gasteiger partial charge in [0, 0.05) is 6.04 Å². The van der Waals surface area contributed by atoms with E-state index in [4.69, 9.17) is 5.26 Å². The van der Waals surface area contributed by atoms with Crippen molar-refractivity contribution in [3.05, 3.63) is 17.8 Å². The molecule has 1 N–H and O–H groups in total. The second-order valence-electron chi connectivity index (χ2n) is 4.78. The van der Waals surface area contributed by atoms with E-state index in [2.05, 4.69) is 42.4 Å². The van der Waals surface area contributed by atoms with E-state index in [1.807, 2.05) is 0 Å². The Morgan fingerprint density at radius 1 is 1.35 bits per heavy atom. The molecule has 0 saturated heterocycles. The van der Waals surface area contributed by atoms with E-state index >= 15 is 0 Å². The van der Waals surface area contributed by atoms with Crippen LogP contribution >= 0.6 is 0 Å². The maximum atomic E-state index is 8.92. The molecule has 0 aromatic carbocycles. The van der Waals surface area contributed by atoms with Gasteiger partial charge in [0.05, 0.1) is 11.8 Å². The van der Waals surface area contributed by atoms with Gasteiger partial charge >= 0.3 is 0 Å². The fourth-order valence-electron chi connectivity index (χ4n) is 1.67. The number of anilines is 1. The Labute approximate surface area is 103 Å². The number of nitriles is 1. The molecule has 4 heteroatoms. The molecule has 1 rings (SSSR count). The molecule has 1 unspecified atom stereocenters. The molecule has 4 nitrogen and oxygen atoms in total. The van der Waals surface area contributed by atoms with E-state index in [0.29, 0.717) is 17.4 Å². The zero-order valence-corrected chi connectivity index (χ0v) is 10.8. The van der Waals surface area contributed by atoms with Crippen LogP contribution in [-0.2, 0) is 0 Å². The van der Waals surface area contributed by atoms with Crippen LogP contribution in [0.3, 0.4) is 0 Å². The highest BCUT2D eigenvalue weighted by molar-refractivity contribution is 5.50. The van der Waals surface area contributed by atoms with Crippen molar-refractivity contribution in [2.45, 2.75) is 46.1 Å². The Bertz CT molecular complexity index is 381. The third kappa shape index (κ3) is 4.81. The standard InChI is InChI=1S/C13H20N4/c1-10(2)5-4-6-11(3)16-13-12(9-14)7-8-15-17-13/h7-8,10-11H,4-6H2,1-3H3,(H,16,17). The van der Waals surface area contributed by atoms with Gasteiger partial charge in [-0.25, -0.2) is 0 Å². The summed E-state index contributed by atoms with van der Waals surface area (Å²) in [6.45, 7) is 6.57. The van der Waals surface area contributed by atoms with Gasteiger partial charge < -0.3 is 5.32 Å². The summed E-state index contributed by atoms with van der Waals surface area (Å²) < 4.78 is 0. The molecule has 0 amide bonds. The molecule has 0 bridgehead atoms. The number of hydrogen-bond acceptors (Lipinski definition) is 4. The van der Waals surface area contributed by atoms with Crippen LogP contribution in [0, 0.1) is 17.2 Å². The molecule has 1 aromatic heterocycles. The predicted octanol–water partition coefficient (Wildman–Crippen LogP) is 2.97. The minimum absolute atomic E-state index is 0.317. The smallest absolute Gasteiger partial charge is 0.166 e. The molecule has 1 atom stereocenters. The summed E-state index contributed by atoms with van der Waals surface area (Å²) in [5.74, 6) is 1.33. The summed E-state index contributed by atoms with van der Waals surface area (Å²) >= 11 is 0. The number of rotatable bonds is 6. The van der Waals surface area contributed by atoms with Gasteiger partial charge in [-0.2, -0.15) is 10.4 Å². The minimum Gasteiger partial charge on any atom is -0.365 e. The molecule has 0 fully saturated rings. The Kier molecular flexibility index (Phi) is 5.41. The molecule has 0 aliphatic carbocycles. The maximum absolute atomic E-state index is 8.92. The summed E-state index contributed by atoms with van der Waals surface area (Å²) in [6.07, 6.45) is 5.04. The zero-order valence-electron chi connectivity index (χ0n) is 10.8. The minimum atomic E-state index is 0.317. The highest BCUT2D eigenvalue weighted by Crippen LogP contribution is 2.14. The Morgan fingerprint density at radius 2 is 2.12 bits per heavy atom. The van der Waals surface area contributed by atoms with Crippen LogP contribution in [-0.4, -0.2) is 16.2 Å². The average molecular weight is 232 g/mol. The molecular weight excluding hydrogens is 212 g/mol. The lowest BCUT2D eigenvalue weighted by Gasteiger charge is -2.15. The van der Waals surface area contributed by atoms with Crippen molar-refractivity contribution in [1.29, 1.82) is 5.26 Å². The number of nitrogens with zero attached hydrogens (tertiary/aromatic N) is 3. The van der Waals surface area contributed by atoms with Crippen molar-refractivity contribution in [3.63, 3.8) is 0 Å². The second kappa shape index (κ2) is 6.85. The van der Waals surface area contributed by atoms with Crippen LogP contribution in [0.2, 0.25) is 0 Å². The summed E-state index contributed by atoms with van der Waals surface area (Å²) in [5, 5.41) is 19.9. The first kappa shape index (κ1) is 13.4. The molecule has 0 spiro atoms. The topological polar surface area (TPSA) is 61.6 Å². The van der Waals surface area contributed by atoms with Crippen molar-refractivity contribution in [2.24, 2.45) is 5.92 Å².